The highest BCUT2D eigenvalue weighted by Crippen LogP contribution is 2.29. The summed E-state index contributed by atoms with van der Waals surface area (Å²) in [6, 6.07) is 5.72. The molecule has 0 amide bonds. The highest BCUT2D eigenvalue weighted by atomic mass is 32.2. The standard InChI is InChI=1S/C12H17N3O2S/c1-8(7-18(3)16)15-9-5-4-6-10(17-2)11(9)14-12(15)13/h4-6,8H,7H2,1-3H3,(H2,13,14). The highest BCUT2D eigenvalue weighted by Gasteiger charge is 2.17. The Morgan fingerprint density at radius 2 is 2.28 bits per heavy atom. The summed E-state index contributed by atoms with van der Waals surface area (Å²) < 4.78 is 18.5. The van der Waals surface area contributed by atoms with E-state index in [1.54, 1.807) is 13.4 Å². The third kappa shape index (κ3) is 2.20. The van der Waals surface area contributed by atoms with Gasteiger partial charge in [-0.15, -0.1) is 0 Å². The number of nitrogens with zero attached hydrogens (tertiary/aromatic N) is 2. The van der Waals surface area contributed by atoms with Gasteiger partial charge in [0.1, 0.15) is 11.3 Å². The number of aromatic nitrogens is 2. The predicted molar refractivity (Wildman–Crippen MR) is 74.3 cm³/mol. The Balaban J connectivity index is 2.57. The van der Waals surface area contributed by atoms with Gasteiger partial charge in [-0.2, -0.15) is 0 Å². The number of rotatable bonds is 4. The maximum absolute atomic E-state index is 11.3. The van der Waals surface area contributed by atoms with E-state index in [-0.39, 0.29) is 6.04 Å². The van der Waals surface area contributed by atoms with Crippen LogP contribution in [0.1, 0.15) is 13.0 Å². The van der Waals surface area contributed by atoms with Crippen molar-refractivity contribution in [1.82, 2.24) is 9.55 Å². The van der Waals surface area contributed by atoms with Crippen LogP contribution in [-0.4, -0.2) is 32.9 Å². The van der Waals surface area contributed by atoms with Crippen LogP contribution in [0.25, 0.3) is 11.0 Å². The molecule has 2 unspecified atom stereocenters. The van der Waals surface area contributed by atoms with Gasteiger partial charge in [0.05, 0.1) is 12.6 Å². The van der Waals surface area contributed by atoms with E-state index in [0.717, 1.165) is 11.0 Å². The molecule has 1 aromatic carbocycles. The summed E-state index contributed by atoms with van der Waals surface area (Å²) in [7, 11) is 0.732. The third-order valence-electron chi connectivity index (χ3n) is 2.85. The van der Waals surface area contributed by atoms with Crippen LogP contribution in [0.2, 0.25) is 0 Å². The molecule has 0 bridgehead atoms. The SMILES string of the molecule is COc1cccc2c1nc(N)n2C(C)CS(C)=O. The fourth-order valence-electron chi connectivity index (χ4n) is 2.15. The Morgan fingerprint density at radius 1 is 1.56 bits per heavy atom. The van der Waals surface area contributed by atoms with E-state index in [4.69, 9.17) is 10.5 Å². The number of hydrogen-bond acceptors (Lipinski definition) is 4. The predicted octanol–water partition coefficient (Wildman–Crippen LogP) is 1.57. The second-order valence-electron chi connectivity index (χ2n) is 4.26. The minimum absolute atomic E-state index is 0.0351. The molecule has 5 nitrogen and oxygen atoms in total. The molecule has 0 saturated heterocycles. The topological polar surface area (TPSA) is 70.1 Å². The van der Waals surface area contributed by atoms with Crippen LogP contribution in [0.5, 0.6) is 5.75 Å². The zero-order valence-electron chi connectivity index (χ0n) is 10.7. The average Bonchev–Trinajstić information content (AvgIpc) is 2.63. The van der Waals surface area contributed by atoms with Gasteiger partial charge in [-0.3, -0.25) is 4.21 Å². The number of hydrogen-bond donors (Lipinski definition) is 1. The van der Waals surface area contributed by atoms with Crippen molar-refractivity contribution in [1.29, 1.82) is 0 Å². The molecule has 0 radical (unpaired) electrons. The molecule has 0 aliphatic carbocycles. The van der Waals surface area contributed by atoms with E-state index in [2.05, 4.69) is 4.98 Å². The zero-order valence-corrected chi connectivity index (χ0v) is 11.5. The van der Waals surface area contributed by atoms with Crippen LogP contribution in [0, 0.1) is 0 Å². The highest BCUT2D eigenvalue weighted by molar-refractivity contribution is 7.84. The Bertz CT molecular complexity index is 594. The van der Waals surface area contributed by atoms with Gasteiger partial charge in [0, 0.05) is 28.9 Å². The van der Waals surface area contributed by atoms with Crippen molar-refractivity contribution < 1.29 is 8.95 Å². The Hall–Kier alpha value is -1.56. The molecule has 0 aliphatic heterocycles. The summed E-state index contributed by atoms with van der Waals surface area (Å²) in [6.07, 6.45) is 1.69. The van der Waals surface area contributed by atoms with Crippen molar-refractivity contribution in [3.8, 4) is 5.75 Å². The number of anilines is 1. The van der Waals surface area contributed by atoms with Crippen molar-refractivity contribution in [2.24, 2.45) is 0 Å². The van der Waals surface area contributed by atoms with E-state index in [1.165, 1.54) is 0 Å². The Morgan fingerprint density at radius 3 is 2.89 bits per heavy atom. The molecule has 0 aliphatic rings. The van der Waals surface area contributed by atoms with Gasteiger partial charge in [-0.25, -0.2) is 4.98 Å². The number of imidazole rings is 1. The maximum atomic E-state index is 11.3. The fraction of sp³-hybridized carbons (Fsp3) is 0.417. The van der Waals surface area contributed by atoms with E-state index in [0.29, 0.717) is 17.5 Å². The Labute approximate surface area is 108 Å². The molecule has 0 spiro atoms. The second-order valence-corrected chi connectivity index (χ2v) is 5.74. The third-order valence-corrected chi connectivity index (χ3v) is 3.80. The van der Waals surface area contributed by atoms with Crippen molar-refractivity contribution >= 4 is 27.8 Å². The summed E-state index contributed by atoms with van der Waals surface area (Å²) >= 11 is 0. The number of fused-ring (bicyclic) bond motifs is 1. The Kier molecular flexibility index (Phi) is 3.56. The first-order valence-corrected chi connectivity index (χ1v) is 7.37. The van der Waals surface area contributed by atoms with Crippen LogP contribution >= 0.6 is 0 Å². The van der Waals surface area contributed by atoms with E-state index >= 15 is 0 Å². The van der Waals surface area contributed by atoms with E-state index < -0.39 is 10.8 Å². The molecule has 0 saturated carbocycles. The molecular formula is C12H17N3O2S. The summed E-state index contributed by atoms with van der Waals surface area (Å²) in [5.41, 5.74) is 7.60. The van der Waals surface area contributed by atoms with Crippen molar-refractivity contribution in [3.05, 3.63) is 18.2 Å². The fourth-order valence-corrected chi connectivity index (χ4v) is 2.98. The first-order valence-electron chi connectivity index (χ1n) is 5.65. The van der Waals surface area contributed by atoms with Crippen LogP contribution < -0.4 is 10.5 Å². The van der Waals surface area contributed by atoms with Crippen LogP contribution in [0.3, 0.4) is 0 Å². The second kappa shape index (κ2) is 4.97. The average molecular weight is 267 g/mol. The minimum Gasteiger partial charge on any atom is -0.494 e. The summed E-state index contributed by atoms with van der Waals surface area (Å²) in [4.78, 5) is 4.33. The smallest absolute Gasteiger partial charge is 0.201 e. The molecule has 2 aromatic rings. The number of nitrogen functional groups attached to an aromatic ring is 1. The molecule has 2 N–H and O–H groups in total. The number of para-hydroxylation sites is 1. The molecule has 2 atom stereocenters. The molecule has 0 fully saturated rings. The lowest BCUT2D eigenvalue weighted by molar-refractivity contribution is 0.419. The summed E-state index contributed by atoms with van der Waals surface area (Å²) in [5.74, 6) is 1.67. The lowest BCUT2D eigenvalue weighted by atomic mass is 10.2. The lowest BCUT2D eigenvalue weighted by Gasteiger charge is -2.14. The molecule has 6 heteroatoms. The lowest BCUT2D eigenvalue weighted by Crippen LogP contribution is -2.14. The first-order chi connectivity index (χ1) is 8.54. The van der Waals surface area contributed by atoms with Crippen LogP contribution in [-0.2, 0) is 10.8 Å². The first kappa shape index (κ1) is 12.9. The number of ether oxygens (including phenoxy) is 1. The molecule has 2 rings (SSSR count). The summed E-state index contributed by atoms with van der Waals surface area (Å²) in [6.45, 7) is 1.98. The quantitative estimate of drug-likeness (QED) is 0.912. The molecule has 18 heavy (non-hydrogen) atoms. The van der Waals surface area contributed by atoms with Crippen molar-refractivity contribution in [3.63, 3.8) is 0 Å². The number of benzene rings is 1. The van der Waals surface area contributed by atoms with Gasteiger partial charge >= 0.3 is 0 Å². The molecule has 98 valence electrons. The van der Waals surface area contributed by atoms with Crippen LogP contribution in [0.15, 0.2) is 18.2 Å². The zero-order chi connectivity index (χ0) is 13.3. The molecule has 1 heterocycles. The number of methoxy groups -OCH3 is 1. The van der Waals surface area contributed by atoms with Gasteiger partial charge in [0.25, 0.3) is 0 Å². The van der Waals surface area contributed by atoms with Gasteiger partial charge in [0.2, 0.25) is 5.95 Å². The summed E-state index contributed by atoms with van der Waals surface area (Å²) in [5, 5.41) is 0. The normalized spacial score (nSPS) is 14.6. The molecular weight excluding hydrogens is 250 g/mol. The number of nitrogens with two attached hydrogens (primary N) is 1. The van der Waals surface area contributed by atoms with Gasteiger partial charge < -0.3 is 15.0 Å². The van der Waals surface area contributed by atoms with E-state index in [9.17, 15) is 4.21 Å². The molecule has 1 aromatic heterocycles. The van der Waals surface area contributed by atoms with Gasteiger partial charge in [0.15, 0.2) is 0 Å². The minimum atomic E-state index is -0.874. The van der Waals surface area contributed by atoms with Crippen molar-refractivity contribution in [2.75, 3.05) is 24.9 Å². The van der Waals surface area contributed by atoms with Crippen LogP contribution in [0.4, 0.5) is 5.95 Å². The monoisotopic (exact) mass is 267 g/mol. The van der Waals surface area contributed by atoms with Gasteiger partial charge in [-0.1, -0.05) is 6.07 Å². The van der Waals surface area contributed by atoms with E-state index in [1.807, 2.05) is 29.7 Å². The van der Waals surface area contributed by atoms with Crippen molar-refractivity contribution in [2.45, 2.75) is 13.0 Å². The largest absolute Gasteiger partial charge is 0.494 e. The van der Waals surface area contributed by atoms with Gasteiger partial charge in [-0.05, 0) is 19.1 Å². The maximum Gasteiger partial charge on any atom is 0.201 e.